The minimum atomic E-state index is -0.342. The van der Waals surface area contributed by atoms with E-state index in [1.807, 2.05) is 35.0 Å². The maximum absolute atomic E-state index is 12.5. The summed E-state index contributed by atoms with van der Waals surface area (Å²) < 4.78 is 1.87. The molecule has 1 aliphatic carbocycles. The summed E-state index contributed by atoms with van der Waals surface area (Å²) >= 11 is 0. The fraction of sp³-hybridized carbons (Fsp3) is 0.316. The highest BCUT2D eigenvalue weighted by molar-refractivity contribution is 6.01. The van der Waals surface area contributed by atoms with Gasteiger partial charge in [-0.3, -0.25) is 10.1 Å². The van der Waals surface area contributed by atoms with Gasteiger partial charge in [0.25, 0.3) is 5.91 Å². The van der Waals surface area contributed by atoms with Crippen LogP contribution in [0.15, 0.2) is 48.9 Å². The Kier molecular flexibility index (Phi) is 4.68. The number of hydrogen-bond acceptors (Lipinski definition) is 5. The van der Waals surface area contributed by atoms with E-state index in [9.17, 15) is 4.79 Å². The summed E-state index contributed by atoms with van der Waals surface area (Å²) in [6.07, 6.45) is 9.22. The van der Waals surface area contributed by atoms with Gasteiger partial charge in [0.1, 0.15) is 12.0 Å². The molecule has 0 saturated heterocycles. The van der Waals surface area contributed by atoms with E-state index in [2.05, 4.69) is 25.4 Å². The van der Waals surface area contributed by atoms with Gasteiger partial charge in [-0.05, 0) is 18.9 Å². The standard InChI is InChI=1S/C19H20N6O/c26-18(16-11-12-20-17(22-16)14-7-3-1-4-8-14)23-19-21-13-25(24-19)15-9-5-2-6-10-15/h1,3-4,7-8,11-13,15H,2,5-6,9-10H2,(H,23,24,26). The van der Waals surface area contributed by atoms with Gasteiger partial charge in [0.2, 0.25) is 5.95 Å². The molecule has 0 spiro atoms. The number of benzene rings is 1. The molecule has 2 heterocycles. The average Bonchev–Trinajstić information content (AvgIpc) is 3.18. The van der Waals surface area contributed by atoms with Crippen LogP contribution in [0.5, 0.6) is 0 Å². The third kappa shape index (κ3) is 3.61. The maximum atomic E-state index is 12.5. The van der Waals surface area contributed by atoms with Crippen molar-refractivity contribution in [1.82, 2.24) is 24.7 Å². The highest BCUT2D eigenvalue weighted by atomic mass is 16.2. The molecule has 1 fully saturated rings. The van der Waals surface area contributed by atoms with Gasteiger partial charge in [0.05, 0.1) is 6.04 Å². The molecule has 3 aromatic rings. The molecule has 1 saturated carbocycles. The Hall–Kier alpha value is -3.09. The molecule has 1 aromatic carbocycles. The molecular weight excluding hydrogens is 328 g/mol. The van der Waals surface area contributed by atoms with E-state index in [1.165, 1.54) is 19.3 Å². The van der Waals surface area contributed by atoms with Crippen LogP contribution in [0, 0.1) is 0 Å². The monoisotopic (exact) mass is 348 g/mol. The molecule has 1 N–H and O–H groups in total. The zero-order valence-corrected chi connectivity index (χ0v) is 14.4. The SMILES string of the molecule is O=C(Nc1ncn(C2CCCCC2)n1)c1ccnc(-c2ccccc2)n1. The molecule has 1 amide bonds. The van der Waals surface area contributed by atoms with Crippen molar-refractivity contribution < 1.29 is 4.79 Å². The Balaban J connectivity index is 1.48. The third-order valence-corrected chi connectivity index (χ3v) is 4.60. The molecule has 132 valence electrons. The first kappa shape index (κ1) is 16.4. The van der Waals surface area contributed by atoms with E-state index in [0.29, 0.717) is 17.8 Å². The number of anilines is 1. The summed E-state index contributed by atoms with van der Waals surface area (Å²) in [4.78, 5) is 25.3. The number of hydrogen-bond donors (Lipinski definition) is 1. The van der Waals surface area contributed by atoms with Gasteiger partial charge in [-0.2, -0.15) is 0 Å². The molecule has 0 radical (unpaired) electrons. The molecule has 0 bridgehead atoms. The molecule has 7 nitrogen and oxygen atoms in total. The van der Waals surface area contributed by atoms with Crippen LogP contribution in [-0.4, -0.2) is 30.6 Å². The van der Waals surface area contributed by atoms with E-state index in [1.54, 1.807) is 18.6 Å². The number of amides is 1. The van der Waals surface area contributed by atoms with E-state index in [0.717, 1.165) is 18.4 Å². The van der Waals surface area contributed by atoms with Gasteiger partial charge < -0.3 is 0 Å². The van der Waals surface area contributed by atoms with Crippen LogP contribution >= 0.6 is 0 Å². The minimum absolute atomic E-state index is 0.285. The van der Waals surface area contributed by atoms with Crippen LogP contribution in [0.1, 0.15) is 48.6 Å². The number of carbonyl (C=O) groups is 1. The van der Waals surface area contributed by atoms with E-state index in [4.69, 9.17) is 0 Å². The molecule has 0 atom stereocenters. The molecular formula is C19H20N6O. The topological polar surface area (TPSA) is 85.6 Å². The van der Waals surface area contributed by atoms with Crippen molar-refractivity contribution in [3.8, 4) is 11.4 Å². The van der Waals surface area contributed by atoms with Crippen molar-refractivity contribution >= 4 is 11.9 Å². The van der Waals surface area contributed by atoms with Crippen LogP contribution in [0.25, 0.3) is 11.4 Å². The van der Waals surface area contributed by atoms with Crippen LogP contribution < -0.4 is 5.32 Å². The van der Waals surface area contributed by atoms with Gasteiger partial charge in [0.15, 0.2) is 5.82 Å². The summed E-state index contributed by atoms with van der Waals surface area (Å²) in [5.41, 5.74) is 1.15. The Labute approximate surface area is 151 Å². The van der Waals surface area contributed by atoms with Gasteiger partial charge in [0, 0.05) is 11.8 Å². The molecule has 1 aliphatic rings. The first-order chi connectivity index (χ1) is 12.8. The van der Waals surface area contributed by atoms with Crippen molar-refractivity contribution in [2.24, 2.45) is 0 Å². The Bertz CT molecular complexity index is 886. The van der Waals surface area contributed by atoms with E-state index >= 15 is 0 Å². The highest BCUT2D eigenvalue weighted by Gasteiger charge is 2.18. The maximum Gasteiger partial charge on any atom is 0.276 e. The second kappa shape index (κ2) is 7.43. The van der Waals surface area contributed by atoms with Crippen LogP contribution in [0.2, 0.25) is 0 Å². The zero-order chi connectivity index (χ0) is 17.8. The number of nitrogens with zero attached hydrogens (tertiary/aromatic N) is 5. The largest absolute Gasteiger partial charge is 0.288 e. The summed E-state index contributed by atoms with van der Waals surface area (Å²) in [6, 6.07) is 11.5. The predicted octanol–water partition coefficient (Wildman–Crippen LogP) is 3.49. The van der Waals surface area contributed by atoms with Crippen LogP contribution in [-0.2, 0) is 0 Å². The Morgan fingerprint density at radius 2 is 1.85 bits per heavy atom. The number of nitrogens with one attached hydrogen (secondary N) is 1. The van der Waals surface area contributed by atoms with E-state index in [-0.39, 0.29) is 11.6 Å². The van der Waals surface area contributed by atoms with Crippen LogP contribution in [0.3, 0.4) is 0 Å². The fourth-order valence-electron chi connectivity index (χ4n) is 3.23. The van der Waals surface area contributed by atoms with Gasteiger partial charge >= 0.3 is 0 Å². The lowest BCUT2D eigenvalue weighted by atomic mass is 9.96. The molecule has 26 heavy (non-hydrogen) atoms. The summed E-state index contributed by atoms with van der Waals surface area (Å²) in [6.45, 7) is 0. The molecule has 2 aromatic heterocycles. The van der Waals surface area contributed by atoms with Gasteiger partial charge in [-0.1, -0.05) is 49.6 Å². The van der Waals surface area contributed by atoms with Crippen LogP contribution in [0.4, 0.5) is 5.95 Å². The Morgan fingerprint density at radius 3 is 2.65 bits per heavy atom. The predicted molar refractivity (Wildman–Crippen MR) is 97.6 cm³/mol. The Morgan fingerprint density at radius 1 is 1.04 bits per heavy atom. The van der Waals surface area contributed by atoms with Gasteiger partial charge in [-0.15, -0.1) is 5.10 Å². The number of carbonyl (C=O) groups excluding carboxylic acids is 1. The number of rotatable bonds is 4. The number of aromatic nitrogens is 5. The van der Waals surface area contributed by atoms with Crippen molar-refractivity contribution in [2.75, 3.05) is 5.32 Å². The van der Waals surface area contributed by atoms with Crippen molar-refractivity contribution in [3.63, 3.8) is 0 Å². The van der Waals surface area contributed by atoms with Crippen molar-refractivity contribution in [1.29, 1.82) is 0 Å². The normalized spacial score (nSPS) is 14.9. The smallest absolute Gasteiger partial charge is 0.276 e. The van der Waals surface area contributed by atoms with E-state index < -0.39 is 0 Å². The zero-order valence-electron chi connectivity index (χ0n) is 14.4. The lowest BCUT2D eigenvalue weighted by Crippen LogP contribution is -2.17. The first-order valence-corrected chi connectivity index (χ1v) is 8.90. The summed E-state index contributed by atoms with van der Waals surface area (Å²) in [5.74, 6) is 0.477. The quantitative estimate of drug-likeness (QED) is 0.780. The second-order valence-corrected chi connectivity index (χ2v) is 6.43. The molecule has 4 rings (SSSR count). The third-order valence-electron chi connectivity index (χ3n) is 4.60. The summed E-state index contributed by atoms with van der Waals surface area (Å²) in [7, 11) is 0. The first-order valence-electron chi connectivity index (χ1n) is 8.90. The van der Waals surface area contributed by atoms with Crippen molar-refractivity contribution in [3.05, 3.63) is 54.6 Å². The molecule has 7 heteroatoms. The van der Waals surface area contributed by atoms with Gasteiger partial charge in [-0.25, -0.2) is 19.6 Å². The second-order valence-electron chi connectivity index (χ2n) is 6.43. The minimum Gasteiger partial charge on any atom is -0.288 e. The molecule has 0 unspecified atom stereocenters. The lowest BCUT2D eigenvalue weighted by Gasteiger charge is -2.21. The average molecular weight is 348 g/mol. The lowest BCUT2D eigenvalue weighted by molar-refractivity contribution is 0.102. The molecule has 0 aliphatic heterocycles. The summed E-state index contributed by atoms with van der Waals surface area (Å²) in [5, 5.41) is 7.13. The fourth-order valence-corrected chi connectivity index (χ4v) is 3.23. The highest BCUT2D eigenvalue weighted by Crippen LogP contribution is 2.27. The van der Waals surface area contributed by atoms with Crippen molar-refractivity contribution in [2.45, 2.75) is 38.1 Å².